The molecule has 3 heterocycles. The van der Waals surface area contributed by atoms with Crippen LogP contribution in [0.1, 0.15) is 43.3 Å². The van der Waals surface area contributed by atoms with Crippen LogP contribution in [0.15, 0.2) is 16.3 Å². The van der Waals surface area contributed by atoms with E-state index in [0.29, 0.717) is 30.0 Å². The molecule has 2 aromatic heterocycles. The normalized spacial score (nSPS) is 16.9. The molecule has 0 aromatic carbocycles. The predicted molar refractivity (Wildman–Crippen MR) is 94.3 cm³/mol. The van der Waals surface area contributed by atoms with Crippen molar-refractivity contribution in [3.05, 3.63) is 33.6 Å². The average Bonchev–Trinajstić information content (AvgIpc) is 3.15. The molecule has 0 saturated carbocycles. The highest BCUT2D eigenvalue weighted by atomic mass is 32.2. The maximum absolute atomic E-state index is 12.2. The van der Waals surface area contributed by atoms with Crippen molar-refractivity contribution in [2.75, 3.05) is 13.2 Å². The zero-order chi connectivity index (χ0) is 17.4. The zero-order valence-corrected chi connectivity index (χ0v) is 15.3. The van der Waals surface area contributed by atoms with E-state index in [1.54, 1.807) is 0 Å². The van der Waals surface area contributed by atoms with E-state index in [9.17, 15) is 4.79 Å². The number of rotatable bonds is 6. The van der Waals surface area contributed by atoms with Crippen molar-refractivity contribution >= 4 is 11.8 Å². The minimum absolute atomic E-state index is 0.00505. The predicted octanol–water partition coefficient (Wildman–Crippen LogP) is 2.11. The summed E-state index contributed by atoms with van der Waals surface area (Å²) in [4.78, 5) is 24.1. The SMILES string of the molecule is CC(C)n1cnc(OC2COC2)c1CSc1nc2c(c(=O)[nH]1)CCC2. The maximum Gasteiger partial charge on any atom is 0.254 e. The van der Waals surface area contributed by atoms with E-state index in [0.717, 1.165) is 36.2 Å². The summed E-state index contributed by atoms with van der Waals surface area (Å²) in [6, 6.07) is 0.283. The first-order chi connectivity index (χ1) is 12.1. The van der Waals surface area contributed by atoms with Gasteiger partial charge in [0.1, 0.15) is 6.10 Å². The van der Waals surface area contributed by atoms with Crippen LogP contribution in [0.25, 0.3) is 0 Å². The Morgan fingerprint density at radius 2 is 2.28 bits per heavy atom. The number of aromatic amines is 1. The summed E-state index contributed by atoms with van der Waals surface area (Å²) in [7, 11) is 0. The molecule has 1 fully saturated rings. The molecule has 2 aromatic rings. The molecule has 0 atom stereocenters. The van der Waals surface area contributed by atoms with Gasteiger partial charge in [0.2, 0.25) is 5.88 Å². The number of aromatic nitrogens is 4. The lowest BCUT2D eigenvalue weighted by Crippen LogP contribution is -2.38. The molecule has 0 amide bonds. The lowest BCUT2D eigenvalue weighted by atomic mass is 10.3. The van der Waals surface area contributed by atoms with Crippen molar-refractivity contribution in [1.82, 2.24) is 19.5 Å². The Labute approximate surface area is 150 Å². The summed E-state index contributed by atoms with van der Waals surface area (Å²) in [5, 5.41) is 0.667. The van der Waals surface area contributed by atoms with Crippen LogP contribution < -0.4 is 10.3 Å². The van der Waals surface area contributed by atoms with Gasteiger partial charge in [-0.2, -0.15) is 0 Å². The number of thioether (sulfide) groups is 1. The lowest BCUT2D eigenvalue weighted by Gasteiger charge is -2.26. The fraction of sp³-hybridized carbons (Fsp3) is 0.588. The van der Waals surface area contributed by atoms with Crippen LogP contribution in [0, 0.1) is 0 Å². The smallest absolute Gasteiger partial charge is 0.254 e. The van der Waals surface area contributed by atoms with Gasteiger partial charge in [-0.15, -0.1) is 0 Å². The highest BCUT2D eigenvalue weighted by Gasteiger charge is 2.25. The summed E-state index contributed by atoms with van der Waals surface area (Å²) in [5.74, 6) is 1.29. The molecule has 8 heteroatoms. The molecule has 0 bridgehead atoms. The highest BCUT2D eigenvalue weighted by Crippen LogP contribution is 2.29. The number of nitrogens with zero attached hydrogens (tertiary/aromatic N) is 3. The molecule has 1 N–H and O–H groups in total. The Bertz CT molecular complexity index is 826. The molecular weight excluding hydrogens is 340 g/mol. The molecule has 25 heavy (non-hydrogen) atoms. The molecule has 2 aliphatic rings. The second kappa shape index (κ2) is 6.84. The van der Waals surface area contributed by atoms with Crippen LogP contribution >= 0.6 is 11.8 Å². The number of H-pyrrole nitrogens is 1. The van der Waals surface area contributed by atoms with Gasteiger partial charge in [-0.05, 0) is 33.1 Å². The molecule has 1 saturated heterocycles. The summed E-state index contributed by atoms with van der Waals surface area (Å²) >= 11 is 1.52. The monoisotopic (exact) mass is 362 g/mol. The number of imidazole rings is 1. The third-order valence-corrected chi connectivity index (χ3v) is 5.45. The van der Waals surface area contributed by atoms with E-state index in [2.05, 4.69) is 33.4 Å². The Morgan fingerprint density at radius 1 is 1.44 bits per heavy atom. The summed E-state index contributed by atoms with van der Waals surface area (Å²) in [6.07, 6.45) is 4.64. The van der Waals surface area contributed by atoms with Crippen molar-refractivity contribution in [1.29, 1.82) is 0 Å². The Balaban J connectivity index is 1.54. The first-order valence-electron chi connectivity index (χ1n) is 8.66. The third kappa shape index (κ3) is 3.32. The topological polar surface area (TPSA) is 82.0 Å². The zero-order valence-electron chi connectivity index (χ0n) is 14.4. The largest absolute Gasteiger partial charge is 0.468 e. The number of fused-ring (bicyclic) bond motifs is 1. The van der Waals surface area contributed by atoms with E-state index in [1.165, 1.54) is 11.8 Å². The number of ether oxygens (including phenoxy) is 2. The van der Waals surface area contributed by atoms with Gasteiger partial charge in [0.15, 0.2) is 5.16 Å². The van der Waals surface area contributed by atoms with Crippen LogP contribution in [0.4, 0.5) is 0 Å². The highest BCUT2D eigenvalue weighted by molar-refractivity contribution is 7.98. The van der Waals surface area contributed by atoms with E-state index in [1.807, 2.05) is 6.33 Å². The molecular formula is C17H22N4O3S. The number of nitrogens with one attached hydrogen (secondary N) is 1. The number of hydrogen-bond donors (Lipinski definition) is 1. The van der Waals surface area contributed by atoms with E-state index >= 15 is 0 Å². The lowest BCUT2D eigenvalue weighted by molar-refractivity contribution is -0.0815. The van der Waals surface area contributed by atoms with Gasteiger partial charge in [0, 0.05) is 17.4 Å². The van der Waals surface area contributed by atoms with E-state index < -0.39 is 0 Å². The molecule has 1 aliphatic heterocycles. The van der Waals surface area contributed by atoms with Crippen molar-refractivity contribution in [2.45, 2.75) is 56.2 Å². The van der Waals surface area contributed by atoms with E-state index in [-0.39, 0.29) is 17.7 Å². The van der Waals surface area contributed by atoms with Crippen LogP contribution in [-0.2, 0) is 23.3 Å². The van der Waals surface area contributed by atoms with Gasteiger partial charge in [0.05, 0.1) is 30.9 Å². The van der Waals surface area contributed by atoms with Crippen molar-refractivity contribution in [2.24, 2.45) is 0 Å². The fourth-order valence-corrected chi connectivity index (χ4v) is 4.00. The van der Waals surface area contributed by atoms with Gasteiger partial charge < -0.3 is 19.0 Å². The van der Waals surface area contributed by atoms with Crippen LogP contribution in [0.5, 0.6) is 5.88 Å². The second-order valence-corrected chi connectivity index (χ2v) is 7.68. The maximum atomic E-state index is 12.2. The minimum Gasteiger partial charge on any atom is -0.468 e. The van der Waals surface area contributed by atoms with Crippen LogP contribution in [-0.4, -0.2) is 38.8 Å². The Hall–Kier alpha value is -1.80. The van der Waals surface area contributed by atoms with Gasteiger partial charge in [-0.3, -0.25) is 4.79 Å². The summed E-state index contributed by atoms with van der Waals surface area (Å²) < 4.78 is 13.2. The van der Waals surface area contributed by atoms with Crippen molar-refractivity contribution < 1.29 is 9.47 Å². The van der Waals surface area contributed by atoms with Gasteiger partial charge in [-0.25, -0.2) is 9.97 Å². The molecule has 134 valence electrons. The minimum atomic E-state index is 0.00505. The average molecular weight is 362 g/mol. The van der Waals surface area contributed by atoms with E-state index in [4.69, 9.17) is 9.47 Å². The standard InChI is InChI=1S/C17H22N4O3S/c1-10(2)21-9-18-16(24-11-6-23-7-11)14(21)8-25-17-19-13-5-3-4-12(13)15(22)20-17/h9-11H,3-8H2,1-2H3,(H,19,20,22). The molecule has 7 nitrogen and oxygen atoms in total. The van der Waals surface area contributed by atoms with Crippen molar-refractivity contribution in [3.63, 3.8) is 0 Å². The Morgan fingerprint density at radius 3 is 3.00 bits per heavy atom. The number of aryl methyl sites for hydroxylation is 1. The molecule has 4 rings (SSSR count). The van der Waals surface area contributed by atoms with Crippen LogP contribution in [0.2, 0.25) is 0 Å². The second-order valence-electron chi connectivity index (χ2n) is 6.71. The van der Waals surface area contributed by atoms with Gasteiger partial charge in [-0.1, -0.05) is 11.8 Å². The third-order valence-electron chi connectivity index (χ3n) is 4.57. The van der Waals surface area contributed by atoms with Gasteiger partial charge in [0.25, 0.3) is 5.56 Å². The first-order valence-corrected chi connectivity index (χ1v) is 9.65. The Kier molecular flexibility index (Phi) is 4.56. The van der Waals surface area contributed by atoms with Gasteiger partial charge >= 0.3 is 0 Å². The quantitative estimate of drug-likeness (QED) is 0.626. The van der Waals surface area contributed by atoms with Crippen LogP contribution in [0.3, 0.4) is 0 Å². The summed E-state index contributed by atoms with van der Waals surface area (Å²) in [5.41, 5.74) is 2.82. The van der Waals surface area contributed by atoms with Crippen molar-refractivity contribution in [3.8, 4) is 5.88 Å². The molecule has 0 radical (unpaired) electrons. The molecule has 1 aliphatic carbocycles. The molecule has 0 spiro atoms. The summed E-state index contributed by atoms with van der Waals surface area (Å²) in [6.45, 7) is 5.45. The first kappa shape index (κ1) is 16.7. The molecule has 0 unspecified atom stereocenters. The fourth-order valence-electron chi connectivity index (χ4n) is 3.11. The number of hydrogen-bond acceptors (Lipinski definition) is 6.